The zero-order valence-corrected chi connectivity index (χ0v) is 23.3. The standard InChI is InChI=1S/C31H50O4/c1-18(2)19(3)9-10-20(27(34)35)21-13-15-31(8)23-11-12-25-28(4,5)26(33)24(32)17-29(25,6)22(23)14-16-30(21,31)7/h18,20-21,24-26,32-33H,3,9-17H2,1-2,4-8H3,(H,34,35). The summed E-state index contributed by atoms with van der Waals surface area (Å²) in [5.74, 6) is -0.0396. The average molecular weight is 487 g/mol. The molecule has 0 amide bonds. The van der Waals surface area contributed by atoms with Crippen LogP contribution in [0.25, 0.3) is 0 Å². The molecule has 0 saturated heterocycles. The number of aliphatic hydroxyl groups excluding tert-OH is 2. The van der Waals surface area contributed by atoms with Gasteiger partial charge in [0.2, 0.25) is 0 Å². The van der Waals surface area contributed by atoms with Crippen molar-refractivity contribution < 1.29 is 20.1 Å². The van der Waals surface area contributed by atoms with Gasteiger partial charge in [0.1, 0.15) is 0 Å². The van der Waals surface area contributed by atoms with Crippen LogP contribution >= 0.6 is 0 Å². The molecular formula is C31H50O4. The van der Waals surface area contributed by atoms with Crippen LogP contribution in [0.3, 0.4) is 0 Å². The molecule has 2 fully saturated rings. The Balaban J connectivity index is 1.69. The first-order valence-electron chi connectivity index (χ1n) is 14.1. The van der Waals surface area contributed by atoms with E-state index in [2.05, 4.69) is 55.0 Å². The summed E-state index contributed by atoms with van der Waals surface area (Å²) < 4.78 is 0. The van der Waals surface area contributed by atoms with Gasteiger partial charge in [0.15, 0.2) is 0 Å². The summed E-state index contributed by atoms with van der Waals surface area (Å²) in [7, 11) is 0. The molecule has 0 aromatic carbocycles. The second-order valence-corrected chi connectivity index (χ2v) is 14.2. The van der Waals surface area contributed by atoms with Crippen LogP contribution in [0.4, 0.5) is 0 Å². The predicted molar refractivity (Wildman–Crippen MR) is 141 cm³/mol. The molecule has 0 aromatic rings. The highest BCUT2D eigenvalue weighted by Gasteiger charge is 2.65. The summed E-state index contributed by atoms with van der Waals surface area (Å²) >= 11 is 0. The molecule has 3 N–H and O–H groups in total. The van der Waals surface area contributed by atoms with Crippen LogP contribution in [-0.2, 0) is 4.79 Å². The molecule has 4 aliphatic carbocycles. The summed E-state index contributed by atoms with van der Waals surface area (Å²) in [5, 5.41) is 32.0. The molecule has 0 heterocycles. The van der Waals surface area contributed by atoms with Crippen LogP contribution in [-0.4, -0.2) is 33.5 Å². The maximum atomic E-state index is 12.6. The van der Waals surface area contributed by atoms with Gasteiger partial charge >= 0.3 is 5.97 Å². The summed E-state index contributed by atoms with van der Waals surface area (Å²) in [5.41, 5.74) is 3.82. The van der Waals surface area contributed by atoms with Gasteiger partial charge in [-0.3, -0.25) is 4.79 Å². The van der Waals surface area contributed by atoms with E-state index in [0.29, 0.717) is 24.7 Å². The van der Waals surface area contributed by atoms with E-state index in [1.807, 2.05) is 0 Å². The summed E-state index contributed by atoms with van der Waals surface area (Å²) in [6, 6.07) is 0. The van der Waals surface area contributed by atoms with Crippen molar-refractivity contribution in [2.24, 2.45) is 45.3 Å². The highest BCUT2D eigenvalue weighted by atomic mass is 16.4. The van der Waals surface area contributed by atoms with Crippen molar-refractivity contribution in [2.45, 2.75) is 118 Å². The maximum absolute atomic E-state index is 12.6. The van der Waals surface area contributed by atoms with Gasteiger partial charge in [0.05, 0.1) is 18.1 Å². The Morgan fingerprint density at radius 2 is 1.69 bits per heavy atom. The largest absolute Gasteiger partial charge is 0.481 e. The highest BCUT2D eigenvalue weighted by molar-refractivity contribution is 5.70. The minimum absolute atomic E-state index is 0.00709. The van der Waals surface area contributed by atoms with Gasteiger partial charge in [-0.1, -0.05) is 71.8 Å². The van der Waals surface area contributed by atoms with E-state index in [0.717, 1.165) is 50.5 Å². The van der Waals surface area contributed by atoms with Gasteiger partial charge in [-0.25, -0.2) is 0 Å². The predicted octanol–water partition coefficient (Wildman–Crippen LogP) is 6.76. The van der Waals surface area contributed by atoms with E-state index >= 15 is 0 Å². The Morgan fingerprint density at radius 1 is 1.03 bits per heavy atom. The number of aliphatic carboxylic acids is 1. The first-order valence-corrected chi connectivity index (χ1v) is 14.1. The molecule has 198 valence electrons. The van der Waals surface area contributed by atoms with E-state index < -0.39 is 18.2 Å². The molecule has 35 heavy (non-hydrogen) atoms. The van der Waals surface area contributed by atoms with E-state index in [4.69, 9.17) is 0 Å². The average Bonchev–Trinajstić information content (AvgIpc) is 3.03. The molecule has 0 aliphatic heterocycles. The molecule has 0 aromatic heterocycles. The third-order valence-electron chi connectivity index (χ3n) is 12.2. The van der Waals surface area contributed by atoms with E-state index in [1.54, 1.807) is 5.57 Å². The fourth-order valence-corrected chi connectivity index (χ4v) is 9.64. The van der Waals surface area contributed by atoms with Gasteiger partial charge < -0.3 is 15.3 Å². The molecule has 4 rings (SSSR count). The molecule has 4 aliphatic rings. The number of aliphatic hydroxyl groups is 2. The number of carboxylic acid groups (broad SMARTS) is 1. The number of allylic oxidation sites excluding steroid dienone is 3. The fraction of sp³-hybridized carbons (Fsp3) is 0.839. The second kappa shape index (κ2) is 8.72. The van der Waals surface area contributed by atoms with E-state index in [9.17, 15) is 20.1 Å². The summed E-state index contributed by atoms with van der Waals surface area (Å²) in [4.78, 5) is 12.6. The van der Waals surface area contributed by atoms with E-state index in [-0.39, 0.29) is 33.5 Å². The first-order chi connectivity index (χ1) is 16.1. The quantitative estimate of drug-likeness (QED) is 0.362. The Hall–Kier alpha value is -1.13. The molecule has 4 nitrogen and oxygen atoms in total. The number of hydrogen-bond acceptors (Lipinski definition) is 3. The Morgan fingerprint density at radius 3 is 2.29 bits per heavy atom. The van der Waals surface area contributed by atoms with Crippen LogP contribution in [0.5, 0.6) is 0 Å². The number of hydrogen-bond donors (Lipinski definition) is 3. The Bertz CT molecular complexity index is 915. The van der Waals surface area contributed by atoms with Gasteiger partial charge in [-0.2, -0.15) is 0 Å². The van der Waals surface area contributed by atoms with Crippen LogP contribution in [0.1, 0.15) is 106 Å². The Labute approximate surface area is 213 Å². The van der Waals surface area contributed by atoms with Crippen molar-refractivity contribution in [1.82, 2.24) is 0 Å². The Kier molecular flexibility index (Phi) is 6.71. The van der Waals surface area contributed by atoms with Crippen LogP contribution < -0.4 is 0 Å². The molecule has 8 unspecified atom stereocenters. The zero-order chi connectivity index (χ0) is 26.1. The van der Waals surface area contributed by atoms with Crippen molar-refractivity contribution in [3.05, 3.63) is 23.3 Å². The third kappa shape index (κ3) is 3.79. The van der Waals surface area contributed by atoms with Crippen molar-refractivity contribution in [1.29, 1.82) is 0 Å². The van der Waals surface area contributed by atoms with Gasteiger partial charge in [0, 0.05) is 0 Å². The first kappa shape index (κ1) is 26.9. The lowest BCUT2D eigenvalue weighted by molar-refractivity contribution is -0.158. The number of carbonyl (C=O) groups is 1. The fourth-order valence-electron chi connectivity index (χ4n) is 9.64. The number of fused-ring (bicyclic) bond motifs is 4. The highest BCUT2D eigenvalue weighted by Crippen LogP contribution is 2.72. The van der Waals surface area contributed by atoms with Gasteiger partial charge in [-0.05, 0) is 97.2 Å². The smallest absolute Gasteiger partial charge is 0.306 e. The minimum atomic E-state index is -0.694. The molecule has 4 heteroatoms. The lowest BCUT2D eigenvalue weighted by Gasteiger charge is -2.62. The summed E-state index contributed by atoms with van der Waals surface area (Å²) in [6.07, 6.45) is 6.86. The normalized spacial score (nSPS) is 43.4. The molecule has 8 atom stereocenters. The van der Waals surface area contributed by atoms with Crippen molar-refractivity contribution >= 4 is 5.97 Å². The lowest BCUT2D eigenvalue weighted by atomic mass is 9.43. The zero-order valence-electron chi connectivity index (χ0n) is 23.3. The van der Waals surface area contributed by atoms with Crippen LogP contribution in [0, 0.1) is 45.3 Å². The van der Waals surface area contributed by atoms with Crippen molar-refractivity contribution in [3.8, 4) is 0 Å². The van der Waals surface area contributed by atoms with Gasteiger partial charge in [0.25, 0.3) is 0 Å². The van der Waals surface area contributed by atoms with E-state index in [1.165, 1.54) is 5.57 Å². The number of carboxylic acids is 1. The topological polar surface area (TPSA) is 77.8 Å². The second-order valence-electron chi connectivity index (χ2n) is 14.2. The maximum Gasteiger partial charge on any atom is 0.306 e. The molecular weight excluding hydrogens is 436 g/mol. The number of rotatable bonds is 6. The van der Waals surface area contributed by atoms with Crippen LogP contribution in [0.2, 0.25) is 0 Å². The summed E-state index contributed by atoms with van der Waals surface area (Å²) in [6.45, 7) is 19.9. The molecule has 2 saturated carbocycles. The van der Waals surface area contributed by atoms with Crippen LogP contribution in [0.15, 0.2) is 23.3 Å². The lowest BCUT2D eigenvalue weighted by Crippen LogP contribution is -2.59. The monoisotopic (exact) mass is 486 g/mol. The SMILES string of the molecule is C=C(CCC(C(=O)O)C1CCC2(C)C3=C(CCC12C)C1(C)CC(O)C(O)C(C)(C)C1CC3)C(C)C. The molecule has 0 spiro atoms. The molecule has 0 radical (unpaired) electrons. The van der Waals surface area contributed by atoms with Crippen molar-refractivity contribution in [2.75, 3.05) is 0 Å². The molecule has 0 bridgehead atoms. The minimum Gasteiger partial charge on any atom is -0.481 e. The third-order valence-corrected chi connectivity index (χ3v) is 12.2. The van der Waals surface area contributed by atoms with Crippen molar-refractivity contribution in [3.63, 3.8) is 0 Å². The van der Waals surface area contributed by atoms with Gasteiger partial charge in [-0.15, -0.1) is 0 Å².